The van der Waals surface area contributed by atoms with E-state index in [1.165, 1.54) is 0 Å². The molecule has 1 aromatic carbocycles. The first-order valence-corrected chi connectivity index (χ1v) is 4.55. The highest BCUT2D eigenvalue weighted by molar-refractivity contribution is 5.94. The number of rotatable bonds is 3. The molecule has 0 aromatic heterocycles. The van der Waals surface area contributed by atoms with Crippen molar-refractivity contribution in [2.24, 2.45) is 0 Å². The zero-order chi connectivity index (χ0) is 11.4. The molecule has 78 valence electrons. The van der Waals surface area contributed by atoms with Gasteiger partial charge < -0.3 is 10.0 Å². The highest BCUT2D eigenvalue weighted by Gasteiger charge is 2.12. The summed E-state index contributed by atoms with van der Waals surface area (Å²) in [6.45, 7) is 2.31. The minimum absolute atomic E-state index is 0.276. The van der Waals surface area contributed by atoms with Crippen LogP contribution in [0, 0.1) is 19.3 Å². The molecular weight excluding hydrogens is 190 g/mol. The largest absolute Gasteiger partial charge is 0.478 e. The van der Waals surface area contributed by atoms with Crippen molar-refractivity contribution in [2.75, 3.05) is 18.5 Å². The van der Waals surface area contributed by atoms with Crippen LogP contribution in [0.3, 0.4) is 0 Å². The SMILES string of the molecule is C#CCN(C)c1cc(C)ccc1C(=O)O. The lowest BCUT2D eigenvalue weighted by molar-refractivity contribution is 0.0697. The number of anilines is 1. The Morgan fingerprint density at radius 1 is 1.60 bits per heavy atom. The molecule has 0 unspecified atom stereocenters. The van der Waals surface area contributed by atoms with Gasteiger partial charge in [-0.05, 0) is 24.6 Å². The molecular formula is C12H13NO2. The number of hydrogen-bond acceptors (Lipinski definition) is 2. The van der Waals surface area contributed by atoms with E-state index in [2.05, 4.69) is 5.92 Å². The van der Waals surface area contributed by atoms with Crippen LogP contribution in [-0.4, -0.2) is 24.7 Å². The van der Waals surface area contributed by atoms with Crippen LogP contribution in [0.25, 0.3) is 0 Å². The standard InChI is InChI=1S/C12H13NO2/c1-4-7-13(3)11-8-9(2)5-6-10(11)12(14)15/h1,5-6,8H,7H2,2-3H3,(H,14,15). The molecule has 3 nitrogen and oxygen atoms in total. The molecule has 0 radical (unpaired) electrons. The predicted molar refractivity (Wildman–Crippen MR) is 60.2 cm³/mol. The molecule has 3 heteroatoms. The van der Waals surface area contributed by atoms with Crippen molar-refractivity contribution < 1.29 is 9.90 Å². The van der Waals surface area contributed by atoms with Crippen LogP contribution in [0.1, 0.15) is 15.9 Å². The molecule has 15 heavy (non-hydrogen) atoms. The van der Waals surface area contributed by atoms with E-state index in [1.54, 1.807) is 24.1 Å². The van der Waals surface area contributed by atoms with Crippen LogP contribution >= 0.6 is 0 Å². The van der Waals surface area contributed by atoms with Crippen molar-refractivity contribution in [3.8, 4) is 12.3 Å². The summed E-state index contributed by atoms with van der Waals surface area (Å²) in [7, 11) is 1.78. The van der Waals surface area contributed by atoms with Crippen molar-refractivity contribution >= 4 is 11.7 Å². The molecule has 0 fully saturated rings. The molecule has 0 bridgehead atoms. The van der Waals surface area contributed by atoms with E-state index in [0.29, 0.717) is 12.2 Å². The van der Waals surface area contributed by atoms with Gasteiger partial charge in [-0.15, -0.1) is 6.42 Å². The van der Waals surface area contributed by atoms with Crippen LogP contribution in [0.5, 0.6) is 0 Å². The van der Waals surface area contributed by atoms with Gasteiger partial charge in [0, 0.05) is 7.05 Å². The molecule has 1 N–H and O–H groups in total. The quantitative estimate of drug-likeness (QED) is 0.761. The molecule has 0 atom stereocenters. The topological polar surface area (TPSA) is 40.5 Å². The Kier molecular flexibility index (Phi) is 3.35. The van der Waals surface area contributed by atoms with Gasteiger partial charge in [-0.25, -0.2) is 4.79 Å². The summed E-state index contributed by atoms with van der Waals surface area (Å²) in [4.78, 5) is 12.7. The van der Waals surface area contributed by atoms with Crippen LogP contribution < -0.4 is 4.90 Å². The minimum Gasteiger partial charge on any atom is -0.478 e. The molecule has 0 spiro atoms. The third-order valence-corrected chi connectivity index (χ3v) is 2.12. The molecule has 0 amide bonds. The number of carbonyl (C=O) groups is 1. The number of carboxylic acid groups (broad SMARTS) is 1. The first kappa shape index (κ1) is 11.1. The van der Waals surface area contributed by atoms with Gasteiger partial charge in [-0.2, -0.15) is 0 Å². The second kappa shape index (κ2) is 4.52. The summed E-state index contributed by atoms with van der Waals surface area (Å²) in [6, 6.07) is 5.19. The number of nitrogens with zero attached hydrogens (tertiary/aromatic N) is 1. The van der Waals surface area contributed by atoms with E-state index in [-0.39, 0.29) is 5.56 Å². The summed E-state index contributed by atoms with van der Waals surface area (Å²) in [5, 5.41) is 9.00. The first-order chi connectivity index (χ1) is 7.06. The number of hydrogen-bond donors (Lipinski definition) is 1. The van der Waals surface area contributed by atoms with Gasteiger partial charge in [-0.3, -0.25) is 0 Å². The molecule has 0 saturated carbocycles. The highest BCUT2D eigenvalue weighted by Crippen LogP contribution is 2.20. The fraction of sp³-hybridized carbons (Fsp3) is 0.250. The van der Waals surface area contributed by atoms with Gasteiger partial charge in [0.15, 0.2) is 0 Å². The van der Waals surface area contributed by atoms with Crippen molar-refractivity contribution in [1.29, 1.82) is 0 Å². The Bertz CT molecular complexity index is 418. The van der Waals surface area contributed by atoms with Gasteiger partial charge in [0.05, 0.1) is 17.8 Å². The summed E-state index contributed by atoms with van der Waals surface area (Å²) >= 11 is 0. The van der Waals surface area contributed by atoms with E-state index >= 15 is 0 Å². The molecule has 0 aliphatic rings. The maximum absolute atomic E-state index is 11.0. The minimum atomic E-state index is -0.936. The van der Waals surface area contributed by atoms with E-state index < -0.39 is 5.97 Å². The Labute approximate surface area is 89.3 Å². The van der Waals surface area contributed by atoms with E-state index in [1.807, 2.05) is 13.0 Å². The molecule has 1 aromatic rings. The van der Waals surface area contributed by atoms with Gasteiger partial charge in [0.2, 0.25) is 0 Å². The van der Waals surface area contributed by atoms with Crippen LogP contribution in [0.4, 0.5) is 5.69 Å². The maximum Gasteiger partial charge on any atom is 0.337 e. The van der Waals surface area contributed by atoms with Crippen molar-refractivity contribution in [2.45, 2.75) is 6.92 Å². The van der Waals surface area contributed by atoms with E-state index in [4.69, 9.17) is 11.5 Å². The lowest BCUT2D eigenvalue weighted by Gasteiger charge is -2.18. The van der Waals surface area contributed by atoms with Crippen molar-refractivity contribution in [3.63, 3.8) is 0 Å². The van der Waals surface area contributed by atoms with Gasteiger partial charge >= 0.3 is 5.97 Å². The zero-order valence-electron chi connectivity index (χ0n) is 8.82. The molecule has 1 rings (SSSR count). The highest BCUT2D eigenvalue weighted by atomic mass is 16.4. The lowest BCUT2D eigenvalue weighted by Crippen LogP contribution is -2.20. The Hall–Kier alpha value is -1.95. The third kappa shape index (κ3) is 2.50. The number of terminal acetylenes is 1. The summed E-state index contributed by atoms with van der Waals surface area (Å²) in [5.74, 6) is 1.55. The number of benzene rings is 1. The van der Waals surface area contributed by atoms with Crippen molar-refractivity contribution in [3.05, 3.63) is 29.3 Å². The van der Waals surface area contributed by atoms with Gasteiger partial charge in [0.1, 0.15) is 0 Å². The van der Waals surface area contributed by atoms with Crippen LogP contribution in [0.2, 0.25) is 0 Å². The monoisotopic (exact) mass is 203 g/mol. The molecule has 0 aliphatic heterocycles. The van der Waals surface area contributed by atoms with E-state index in [9.17, 15) is 4.79 Å². The van der Waals surface area contributed by atoms with Gasteiger partial charge in [0.25, 0.3) is 0 Å². The lowest BCUT2D eigenvalue weighted by atomic mass is 10.1. The third-order valence-electron chi connectivity index (χ3n) is 2.12. The molecule has 0 saturated heterocycles. The number of aromatic carboxylic acids is 1. The zero-order valence-corrected chi connectivity index (χ0v) is 8.82. The fourth-order valence-corrected chi connectivity index (χ4v) is 1.36. The molecule has 0 aliphatic carbocycles. The normalized spacial score (nSPS) is 9.40. The van der Waals surface area contributed by atoms with E-state index in [0.717, 1.165) is 5.56 Å². The number of carboxylic acids is 1. The Morgan fingerprint density at radius 3 is 2.80 bits per heavy atom. The first-order valence-electron chi connectivity index (χ1n) is 4.55. The average Bonchev–Trinajstić information content (AvgIpc) is 2.17. The Balaban J connectivity index is 3.19. The van der Waals surface area contributed by atoms with Crippen LogP contribution in [-0.2, 0) is 0 Å². The number of aryl methyl sites for hydroxylation is 1. The predicted octanol–water partition coefficient (Wildman–Crippen LogP) is 1.76. The maximum atomic E-state index is 11.0. The summed E-state index contributed by atoms with van der Waals surface area (Å²) in [5.41, 5.74) is 1.94. The Morgan fingerprint density at radius 2 is 2.27 bits per heavy atom. The second-order valence-electron chi connectivity index (χ2n) is 3.39. The van der Waals surface area contributed by atoms with Gasteiger partial charge in [-0.1, -0.05) is 12.0 Å². The summed E-state index contributed by atoms with van der Waals surface area (Å²) in [6.07, 6.45) is 5.19. The average molecular weight is 203 g/mol. The van der Waals surface area contributed by atoms with Crippen LogP contribution in [0.15, 0.2) is 18.2 Å². The smallest absolute Gasteiger partial charge is 0.337 e. The summed E-state index contributed by atoms with van der Waals surface area (Å²) < 4.78 is 0. The molecule has 0 heterocycles. The van der Waals surface area contributed by atoms with Crippen molar-refractivity contribution in [1.82, 2.24) is 0 Å². The fourth-order valence-electron chi connectivity index (χ4n) is 1.36. The second-order valence-corrected chi connectivity index (χ2v) is 3.39.